The van der Waals surface area contributed by atoms with Gasteiger partial charge in [0.15, 0.2) is 5.49 Å². The third-order valence-electron chi connectivity index (χ3n) is 4.58. The fourth-order valence-corrected chi connectivity index (χ4v) is 3.21. The fourth-order valence-electron chi connectivity index (χ4n) is 3.21. The molecule has 138 valence electrons. The van der Waals surface area contributed by atoms with Crippen molar-refractivity contribution in [2.24, 2.45) is 0 Å². The van der Waals surface area contributed by atoms with Crippen molar-refractivity contribution >= 4 is 12.0 Å². The number of rotatable bonds is 4. The minimum atomic E-state index is -0.379. The van der Waals surface area contributed by atoms with Gasteiger partial charge in [0.1, 0.15) is 5.82 Å². The average Bonchev–Trinajstić information content (AvgIpc) is 2.74. The molecule has 1 aliphatic heterocycles. The lowest BCUT2D eigenvalue weighted by molar-refractivity contribution is 0.554. The van der Waals surface area contributed by atoms with Crippen LogP contribution in [0, 0.1) is 29.6 Å². The van der Waals surface area contributed by atoms with E-state index in [4.69, 9.17) is 5.41 Å². The minimum Gasteiger partial charge on any atom is -0.357 e. The maximum atomic E-state index is 12.8. The molecule has 0 unspecified atom stereocenters. The Labute approximate surface area is 159 Å². The standard InChI is InChI=1S/C19H21N5O.C2H2/c1-2-22-14-17(23-10-6-3-7-11-23)24(19(25)18(22)21)13-16-9-5-4-8-15(16)12-20;1-2/h2,4-5,8-9,14,21H,1,3,6-7,10-11,13H2;1-2H. The van der Waals surface area contributed by atoms with Gasteiger partial charge in [0.05, 0.1) is 24.4 Å². The molecule has 0 saturated carbocycles. The van der Waals surface area contributed by atoms with Crippen molar-refractivity contribution in [3.63, 3.8) is 0 Å². The van der Waals surface area contributed by atoms with E-state index in [-0.39, 0.29) is 17.6 Å². The lowest BCUT2D eigenvalue weighted by Gasteiger charge is -2.31. The molecular weight excluding hydrogens is 338 g/mol. The van der Waals surface area contributed by atoms with E-state index in [2.05, 4.69) is 30.4 Å². The van der Waals surface area contributed by atoms with Crippen LogP contribution in [0.4, 0.5) is 5.82 Å². The van der Waals surface area contributed by atoms with Crippen molar-refractivity contribution in [3.05, 3.63) is 64.0 Å². The predicted molar refractivity (Wildman–Crippen MR) is 107 cm³/mol. The van der Waals surface area contributed by atoms with Crippen LogP contribution < -0.4 is 15.9 Å². The number of benzene rings is 1. The summed E-state index contributed by atoms with van der Waals surface area (Å²) in [5, 5.41) is 17.4. The maximum absolute atomic E-state index is 12.8. The molecule has 3 rings (SSSR count). The van der Waals surface area contributed by atoms with E-state index in [1.54, 1.807) is 16.8 Å². The van der Waals surface area contributed by atoms with Crippen molar-refractivity contribution in [3.8, 4) is 18.9 Å². The topological polar surface area (TPSA) is 77.8 Å². The Bertz CT molecular complexity index is 984. The van der Waals surface area contributed by atoms with E-state index in [1.807, 2.05) is 18.2 Å². The molecule has 0 radical (unpaired) electrons. The molecule has 0 spiro atoms. The number of piperidine rings is 1. The maximum Gasteiger partial charge on any atom is 0.295 e. The van der Waals surface area contributed by atoms with Gasteiger partial charge in [0.25, 0.3) is 5.56 Å². The molecular formula is C21H23N5O. The highest BCUT2D eigenvalue weighted by Gasteiger charge is 2.18. The van der Waals surface area contributed by atoms with Crippen LogP contribution in [0.1, 0.15) is 30.4 Å². The molecule has 1 fully saturated rings. The van der Waals surface area contributed by atoms with Crippen LogP contribution in [0.5, 0.6) is 0 Å². The smallest absolute Gasteiger partial charge is 0.295 e. The second-order valence-electron chi connectivity index (χ2n) is 6.13. The second-order valence-corrected chi connectivity index (χ2v) is 6.13. The molecule has 0 amide bonds. The van der Waals surface area contributed by atoms with Crippen LogP contribution in [0.15, 0.2) is 41.8 Å². The Balaban J connectivity index is 0.00000126. The second kappa shape index (κ2) is 9.26. The van der Waals surface area contributed by atoms with Gasteiger partial charge in [0, 0.05) is 19.3 Å². The monoisotopic (exact) mass is 361 g/mol. The van der Waals surface area contributed by atoms with Gasteiger partial charge in [-0.1, -0.05) is 24.8 Å². The molecule has 0 bridgehead atoms. The average molecular weight is 361 g/mol. The zero-order valence-corrected chi connectivity index (χ0v) is 15.3. The number of hydrogen-bond acceptors (Lipinski definition) is 4. The number of anilines is 1. The highest BCUT2D eigenvalue weighted by Crippen LogP contribution is 2.19. The van der Waals surface area contributed by atoms with Crippen LogP contribution in [0.25, 0.3) is 6.20 Å². The molecule has 1 saturated heterocycles. The SMILES string of the molecule is C#C.C=Cn1cc(N2CCCCC2)n(Cc2ccccc2C#N)c(=O)c1=N. The summed E-state index contributed by atoms with van der Waals surface area (Å²) < 4.78 is 3.06. The summed E-state index contributed by atoms with van der Waals surface area (Å²) in [4.78, 5) is 15.0. The third kappa shape index (κ3) is 4.19. The van der Waals surface area contributed by atoms with Crippen LogP contribution in [-0.4, -0.2) is 22.2 Å². The van der Waals surface area contributed by atoms with Crippen molar-refractivity contribution in [2.75, 3.05) is 18.0 Å². The van der Waals surface area contributed by atoms with Gasteiger partial charge >= 0.3 is 0 Å². The first-order valence-corrected chi connectivity index (χ1v) is 8.75. The summed E-state index contributed by atoms with van der Waals surface area (Å²) in [5.74, 6) is 0.772. The molecule has 1 aromatic carbocycles. The third-order valence-corrected chi connectivity index (χ3v) is 4.58. The number of nitrogens with zero attached hydrogens (tertiary/aromatic N) is 4. The Morgan fingerprint density at radius 3 is 2.52 bits per heavy atom. The Kier molecular flexibility index (Phi) is 6.79. The molecule has 1 aromatic heterocycles. The molecule has 27 heavy (non-hydrogen) atoms. The first-order valence-electron chi connectivity index (χ1n) is 8.75. The molecule has 6 nitrogen and oxygen atoms in total. The normalized spacial score (nSPS) is 13.1. The van der Waals surface area contributed by atoms with Crippen LogP contribution in [0.2, 0.25) is 0 Å². The van der Waals surface area contributed by atoms with E-state index in [9.17, 15) is 10.1 Å². The minimum absolute atomic E-state index is 0.134. The summed E-state index contributed by atoms with van der Waals surface area (Å²) in [5.41, 5.74) is 0.813. The quantitative estimate of drug-likeness (QED) is 0.850. The lowest BCUT2D eigenvalue weighted by Crippen LogP contribution is -2.44. The molecule has 2 aromatic rings. The van der Waals surface area contributed by atoms with E-state index in [0.717, 1.165) is 37.3 Å². The number of nitriles is 1. The van der Waals surface area contributed by atoms with Gasteiger partial charge in [0.2, 0.25) is 0 Å². The zero-order chi connectivity index (χ0) is 19.8. The molecule has 0 atom stereocenters. The summed E-state index contributed by atoms with van der Waals surface area (Å²) in [6.45, 7) is 5.73. The molecule has 0 aliphatic carbocycles. The van der Waals surface area contributed by atoms with Gasteiger partial charge in [-0.2, -0.15) is 5.26 Å². The van der Waals surface area contributed by atoms with Gasteiger partial charge in [-0.05, 0) is 30.9 Å². The molecule has 2 heterocycles. The summed E-state index contributed by atoms with van der Waals surface area (Å²) >= 11 is 0. The van der Waals surface area contributed by atoms with Crippen molar-refractivity contribution < 1.29 is 0 Å². The molecule has 6 heteroatoms. The molecule has 1 aliphatic rings. The largest absolute Gasteiger partial charge is 0.357 e. The van der Waals surface area contributed by atoms with E-state index < -0.39 is 0 Å². The van der Waals surface area contributed by atoms with Gasteiger partial charge < -0.3 is 9.47 Å². The predicted octanol–water partition coefficient (Wildman–Crippen LogP) is 2.39. The van der Waals surface area contributed by atoms with E-state index in [1.165, 1.54) is 17.2 Å². The number of terminal acetylenes is 1. The zero-order valence-electron chi connectivity index (χ0n) is 15.3. The Morgan fingerprint density at radius 2 is 1.89 bits per heavy atom. The Hall–Kier alpha value is -3.51. The summed E-state index contributed by atoms with van der Waals surface area (Å²) in [6.07, 6.45) is 14.6. The molecule has 1 N–H and O–H groups in total. The van der Waals surface area contributed by atoms with Crippen LogP contribution in [0.3, 0.4) is 0 Å². The summed E-state index contributed by atoms with van der Waals surface area (Å²) in [7, 11) is 0. The summed E-state index contributed by atoms with van der Waals surface area (Å²) in [6, 6.07) is 9.44. The number of hydrogen-bond donors (Lipinski definition) is 1. The van der Waals surface area contributed by atoms with Crippen LogP contribution in [-0.2, 0) is 6.54 Å². The van der Waals surface area contributed by atoms with Gasteiger partial charge in [-0.3, -0.25) is 14.8 Å². The number of aromatic nitrogens is 2. The van der Waals surface area contributed by atoms with Crippen molar-refractivity contribution in [1.29, 1.82) is 10.7 Å². The van der Waals surface area contributed by atoms with E-state index >= 15 is 0 Å². The fraction of sp³-hybridized carbons (Fsp3) is 0.286. The first-order chi connectivity index (χ1) is 13.2. The lowest BCUT2D eigenvalue weighted by atomic mass is 10.1. The van der Waals surface area contributed by atoms with Crippen LogP contribution >= 0.6 is 0 Å². The van der Waals surface area contributed by atoms with Crippen molar-refractivity contribution in [1.82, 2.24) is 9.13 Å². The Morgan fingerprint density at radius 1 is 1.22 bits per heavy atom. The highest BCUT2D eigenvalue weighted by molar-refractivity contribution is 5.43. The van der Waals surface area contributed by atoms with E-state index in [0.29, 0.717) is 5.56 Å². The van der Waals surface area contributed by atoms with Gasteiger partial charge in [-0.15, -0.1) is 12.8 Å². The first kappa shape index (κ1) is 19.8. The number of nitrogens with one attached hydrogen (secondary N) is 1. The van der Waals surface area contributed by atoms with Gasteiger partial charge in [-0.25, -0.2) is 0 Å². The highest BCUT2D eigenvalue weighted by atomic mass is 16.1. The van der Waals surface area contributed by atoms with Crippen molar-refractivity contribution in [2.45, 2.75) is 25.8 Å².